The maximum Gasteiger partial charge on any atom is 0.337 e. The van der Waals surface area contributed by atoms with E-state index in [0.29, 0.717) is 44.3 Å². The molecular weight excluding hydrogens is 658 g/mol. The van der Waals surface area contributed by atoms with Crippen molar-refractivity contribution in [3.63, 3.8) is 0 Å². The second kappa shape index (κ2) is 17.5. The summed E-state index contributed by atoms with van der Waals surface area (Å²) in [6, 6.07) is 18.2. The third-order valence-electron chi connectivity index (χ3n) is 9.03. The second-order valence-electron chi connectivity index (χ2n) is 13.7. The van der Waals surface area contributed by atoms with Crippen LogP contribution in [0.4, 0.5) is 0 Å². The number of oxime groups is 1. The lowest BCUT2D eigenvalue weighted by Crippen LogP contribution is -2.34. The number of fused-ring (bicyclic) bond motifs is 1. The first-order valence-corrected chi connectivity index (χ1v) is 18.4. The highest BCUT2D eigenvalue weighted by Crippen LogP contribution is 2.46. The first kappa shape index (κ1) is 39.2. The number of carbonyl (C=O) groups is 1. The van der Waals surface area contributed by atoms with Crippen LogP contribution in [-0.4, -0.2) is 80.1 Å². The Morgan fingerprint density at radius 3 is 1.76 bits per heavy atom. The van der Waals surface area contributed by atoms with Crippen molar-refractivity contribution in [2.45, 2.75) is 70.1 Å². The molecule has 11 heteroatoms. The largest absolute Gasteiger partial charge is 0.465 e. The van der Waals surface area contributed by atoms with Crippen molar-refractivity contribution >= 4 is 21.8 Å². The predicted molar refractivity (Wildman–Crippen MR) is 193 cm³/mol. The molecule has 1 aliphatic carbocycles. The van der Waals surface area contributed by atoms with Crippen LogP contribution in [-0.2, 0) is 48.9 Å². The van der Waals surface area contributed by atoms with Crippen molar-refractivity contribution in [2.75, 3.05) is 60.0 Å². The lowest BCUT2D eigenvalue weighted by atomic mass is 9.62. The number of ether oxygens (including phenoxy) is 4. The molecule has 0 amide bonds. The van der Waals surface area contributed by atoms with Gasteiger partial charge in [-0.05, 0) is 84.5 Å². The third kappa shape index (κ3) is 10.5. The molecule has 3 aromatic carbocycles. The van der Waals surface area contributed by atoms with Crippen LogP contribution in [0.15, 0.2) is 70.7 Å². The maximum atomic E-state index is 12.2. The summed E-state index contributed by atoms with van der Waals surface area (Å²) in [5, 5.41) is 4.60. The van der Waals surface area contributed by atoms with Gasteiger partial charge in [0, 0.05) is 11.1 Å². The average molecular weight is 710 g/mol. The van der Waals surface area contributed by atoms with Crippen molar-refractivity contribution in [2.24, 2.45) is 5.16 Å². The molecule has 0 aromatic heterocycles. The monoisotopic (exact) mass is 709 g/mol. The minimum absolute atomic E-state index is 0.0234. The Balaban J connectivity index is 1.25. The number of esters is 1. The molecule has 0 aliphatic heterocycles. The van der Waals surface area contributed by atoms with Crippen LogP contribution in [0.2, 0.25) is 0 Å². The Kier molecular flexibility index (Phi) is 13.8. The molecule has 3 aromatic rings. The van der Waals surface area contributed by atoms with Crippen LogP contribution >= 0.6 is 0 Å². The average Bonchev–Trinajstić information content (AvgIpc) is 3.08. The zero-order chi connectivity index (χ0) is 36.4. The molecule has 0 bridgehead atoms. The number of rotatable bonds is 18. The quantitative estimate of drug-likeness (QED) is 0.0470. The van der Waals surface area contributed by atoms with Crippen molar-refractivity contribution in [3.8, 4) is 0 Å². The van der Waals surface area contributed by atoms with Crippen LogP contribution in [0.25, 0.3) is 0 Å². The standard InChI is InChI=1S/C39H51NO9S/c1-28-8-14-32(15-9-28)50(42,43)49-25-23-47-21-19-45-18-20-46-22-24-48-40-36(30-10-12-31(13-11-30)37(41)44-7)33-27-35-34(26-29(33)2)38(3,4)16-17-39(35,5)6/h8-15,26-27H,16-25H2,1-7H3/b40-36-. The summed E-state index contributed by atoms with van der Waals surface area (Å²) in [7, 11) is -2.44. The van der Waals surface area contributed by atoms with Crippen LogP contribution in [0, 0.1) is 13.8 Å². The van der Waals surface area contributed by atoms with Crippen molar-refractivity contribution in [1.29, 1.82) is 0 Å². The molecule has 0 radical (unpaired) electrons. The normalized spacial score (nSPS) is 15.4. The molecule has 50 heavy (non-hydrogen) atoms. The molecule has 4 rings (SSSR count). The Labute approximate surface area is 297 Å². The molecular formula is C39H51NO9S. The molecule has 0 saturated heterocycles. The number of aryl methyl sites for hydroxylation is 2. The number of benzene rings is 3. The maximum absolute atomic E-state index is 12.2. The highest BCUT2D eigenvalue weighted by atomic mass is 32.2. The van der Waals surface area contributed by atoms with E-state index in [0.717, 1.165) is 35.1 Å². The van der Waals surface area contributed by atoms with Gasteiger partial charge in [0.1, 0.15) is 12.3 Å². The van der Waals surface area contributed by atoms with Crippen molar-refractivity contribution < 1.29 is 41.2 Å². The van der Waals surface area contributed by atoms with Gasteiger partial charge in [-0.3, -0.25) is 4.18 Å². The molecule has 10 nitrogen and oxygen atoms in total. The number of hydrogen-bond acceptors (Lipinski definition) is 10. The fourth-order valence-electron chi connectivity index (χ4n) is 5.84. The van der Waals surface area contributed by atoms with Crippen LogP contribution < -0.4 is 0 Å². The van der Waals surface area contributed by atoms with Gasteiger partial charge in [-0.1, -0.05) is 68.7 Å². The Bertz CT molecular complexity index is 1710. The van der Waals surface area contributed by atoms with E-state index in [4.69, 9.17) is 28.0 Å². The van der Waals surface area contributed by atoms with E-state index in [9.17, 15) is 13.2 Å². The molecule has 0 saturated carbocycles. The van der Waals surface area contributed by atoms with E-state index < -0.39 is 16.1 Å². The lowest BCUT2D eigenvalue weighted by Gasteiger charge is -2.42. The zero-order valence-electron chi connectivity index (χ0n) is 30.4. The topological polar surface area (TPSA) is 119 Å². The highest BCUT2D eigenvalue weighted by molar-refractivity contribution is 7.86. The van der Waals surface area contributed by atoms with Gasteiger partial charge < -0.3 is 23.8 Å². The van der Waals surface area contributed by atoms with Gasteiger partial charge in [0.15, 0.2) is 0 Å². The molecule has 272 valence electrons. The summed E-state index contributed by atoms with van der Waals surface area (Å²) in [5.41, 5.74) is 7.82. The van der Waals surface area contributed by atoms with Crippen LogP contribution in [0.3, 0.4) is 0 Å². The van der Waals surface area contributed by atoms with Gasteiger partial charge in [0.05, 0.1) is 63.8 Å². The summed E-state index contributed by atoms with van der Waals surface area (Å²) < 4.78 is 50.9. The van der Waals surface area contributed by atoms with Gasteiger partial charge in [-0.2, -0.15) is 8.42 Å². The minimum Gasteiger partial charge on any atom is -0.465 e. The van der Waals surface area contributed by atoms with Gasteiger partial charge in [0.25, 0.3) is 10.1 Å². The first-order valence-electron chi connectivity index (χ1n) is 17.0. The molecule has 0 unspecified atom stereocenters. The summed E-state index contributed by atoms with van der Waals surface area (Å²) in [5.74, 6) is -0.398. The van der Waals surface area contributed by atoms with Gasteiger partial charge in [0.2, 0.25) is 0 Å². The van der Waals surface area contributed by atoms with Crippen molar-refractivity contribution in [1.82, 2.24) is 0 Å². The van der Waals surface area contributed by atoms with Gasteiger partial charge in [-0.25, -0.2) is 4.79 Å². The van der Waals surface area contributed by atoms with E-state index in [-0.39, 0.29) is 35.5 Å². The van der Waals surface area contributed by atoms with E-state index in [1.54, 1.807) is 24.3 Å². The molecule has 0 N–H and O–H groups in total. The fourth-order valence-corrected chi connectivity index (χ4v) is 6.73. The van der Waals surface area contributed by atoms with Crippen LogP contribution in [0.5, 0.6) is 0 Å². The predicted octanol–water partition coefficient (Wildman–Crippen LogP) is 6.66. The minimum atomic E-state index is -3.81. The summed E-state index contributed by atoms with van der Waals surface area (Å²) >= 11 is 0. The molecule has 0 fully saturated rings. The van der Waals surface area contributed by atoms with E-state index >= 15 is 0 Å². The van der Waals surface area contributed by atoms with Gasteiger partial charge in [-0.15, -0.1) is 0 Å². The second-order valence-corrected chi connectivity index (χ2v) is 15.4. The first-order chi connectivity index (χ1) is 23.7. The highest BCUT2D eigenvalue weighted by Gasteiger charge is 2.37. The summed E-state index contributed by atoms with van der Waals surface area (Å²) in [4.78, 5) is 18.0. The smallest absolute Gasteiger partial charge is 0.337 e. The third-order valence-corrected chi connectivity index (χ3v) is 10.4. The Hall–Kier alpha value is -3.61. The van der Waals surface area contributed by atoms with E-state index in [2.05, 4.69) is 51.9 Å². The summed E-state index contributed by atoms with van der Waals surface area (Å²) in [6.45, 7) is 15.2. The number of hydrogen-bond donors (Lipinski definition) is 0. The Morgan fingerprint density at radius 1 is 0.700 bits per heavy atom. The zero-order valence-corrected chi connectivity index (χ0v) is 31.2. The van der Waals surface area contributed by atoms with E-state index in [1.807, 2.05) is 19.1 Å². The van der Waals surface area contributed by atoms with Gasteiger partial charge >= 0.3 is 5.97 Å². The molecule has 1 aliphatic rings. The summed E-state index contributed by atoms with van der Waals surface area (Å²) in [6.07, 6.45) is 2.22. The van der Waals surface area contributed by atoms with Crippen LogP contribution in [0.1, 0.15) is 84.3 Å². The number of carbonyl (C=O) groups excluding carboxylic acids is 1. The number of nitrogens with zero attached hydrogens (tertiary/aromatic N) is 1. The van der Waals surface area contributed by atoms with E-state index in [1.165, 1.54) is 30.4 Å². The molecule has 0 atom stereocenters. The fraction of sp³-hybridized carbons (Fsp3) is 0.487. The Morgan fingerprint density at radius 2 is 1.20 bits per heavy atom. The molecule has 0 spiro atoms. The van der Waals surface area contributed by atoms with Crippen molar-refractivity contribution in [3.05, 3.63) is 99.6 Å². The molecule has 0 heterocycles. The SMILES string of the molecule is COC(=O)c1ccc(/C(=N/OCCOCCOCCOCCOS(=O)(=O)c2ccc(C)cc2)c2cc3c(cc2C)C(C)(C)CCC3(C)C)cc1. The lowest BCUT2D eigenvalue weighted by molar-refractivity contribution is -0.00379. The number of methoxy groups -OCH3 is 1.